The molecule has 0 aliphatic rings. The van der Waals surface area contributed by atoms with E-state index in [1.165, 1.54) is 14.2 Å². The molecule has 0 spiro atoms. The van der Waals surface area contributed by atoms with Crippen LogP contribution in [0.4, 0.5) is 11.4 Å². The highest BCUT2D eigenvalue weighted by Crippen LogP contribution is 2.18. The Hall–Kier alpha value is -3.35. The van der Waals surface area contributed by atoms with E-state index in [0.717, 1.165) is 5.56 Å². The molecule has 0 unspecified atom stereocenters. The Kier molecular flexibility index (Phi) is 6.32. The summed E-state index contributed by atoms with van der Waals surface area (Å²) in [4.78, 5) is 35.3. The highest BCUT2D eigenvalue weighted by molar-refractivity contribution is 5.97. The predicted octanol–water partition coefficient (Wildman–Crippen LogP) is 2.62. The molecule has 2 aromatic rings. The molecule has 7 nitrogen and oxygen atoms in total. The van der Waals surface area contributed by atoms with E-state index in [0.29, 0.717) is 22.5 Å². The lowest BCUT2D eigenvalue weighted by molar-refractivity contribution is -0.114. The van der Waals surface area contributed by atoms with Crippen LogP contribution < -0.4 is 10.6 Å². The summed E-state index contributed by atoms with van der Waals surface area (Å²) in [6.45, 7) is 1.82. The van der Waals surface area contributed by atoms with Crippen LogP contribution in [-0.2, 0) is 14.3 Å². The number of benzene rings is 2. The van der Waals surface area contributed by atoms with Crippen molar-refractivity contribution in [2.45, 2.75) is 6.92 Å². The van der Waals surface area contributed by atoms with Crippen LogP contribution in [-0.4, -0.2) is 38.6 Å². The van der Waals surface area contributed by atoms with Gasteiger partial charge in [-0.2, -0.15) is 0 Å². The monoisotopic (exact) mass is 356 g/mol. The highest BCUT2D eigenvalue weighted by Gasteiger charge is 2.11. The number of esters is 2. The van der Waals surface area contributed by atoms with Crippen LogP contribution in [0, 0.1) is 6.92 Å². The van der Waals surface area contributed by atoms with Gasteiger partial charge in [0, 0.05) is 11.4 Å². The Morgan fingerprint density at radius 3 is 2.23 bits per heavy atom. The largest absolute Gasteiger partial charge is 0.465 e. The molecule has 0 aliphatic heterocycles. The molecule has 7 heteroatoms. The topological polar surface area (TPSA) is 93.7 Å². The smallest absolute Gasteiger partial charge is 0.337 e. The summed E-state index contributed by atoms with van der Waals surface area (Å²) in [5.41, 5.74) is 2.71. The number of hydrogen-bond donors (Lipinski definition) is 2. The summed E-state index contributed by atoms with van der Waals surface area (Å²) in [7, 11) is 2.60. The molecule has 0 aliphatic carbocycles. The number of nitrogens with one attached hydrogen (secondary N) is 2. The normalized spacial score (nSPS) is 9.96. The molecule has 2 aromatic carbocycles. The van der Waals surface area contributed by atoms with Crippen molar-refractivity contribution >= 4 is 29.2 Å². The van der Waals surface area contributed by atoms with Crippen molar-refractivity contribution in [3.63, 3.8) is 0 Å². The number of carbonyl (C=O) groups excluding carboxylic acids is 3. The third-order valence-electron chi connectivity index (χ3n) is 3.67. The fourth-order valence-electron chi connectivity index (χ4n) is 2.25. The average molecular weight is 356 g/mol. The van der Waals surface area contributed by atoms with Gasteiger partial charge in [-0.3, -0.25) is 4.79 Å². The van der Waals surface area contributed by atoms with Gasteiger partial charge in [0.15, 0.2) is 0 Å². The standard InChI is InChI=1S/C19H20N2O5/c1-12-7-8-14(19(24)26-3)10-16(12)21-17(22)11-20-15-6-4-5-13(9-15)18(23)25-2/h4-10,20H,11H2,1-3H3,(H,21,22). The first-order valence-corrected chi connectivity index (χ1v) is 7.85. The molecule has 2 N–H and O–H groups in total. The number of ether oxygens (including phenoxy) is 2. The van der Waals surface area contributed by atoms with Crippen molar-refractivity contribution in [1.82, 2.24) is 0 Å². The molecule has 2 rings (SSSR count). The molecule has 0 bridgehead atoms. The Bertz CT molecular complexity index is 832. The number of methoxy groups -OCH3 is 2. The lowest BCUT2D eigenvalue weighted by Crippen LogP contribution is -2.22. The number of carbonyl (C=O) groups is 3. The van der Waals surface area contributed by atoms with Gasteiger partial charge in [-0.25, -0.2) is 9.59 Å². The SMILES string of the molecule is COC(=O)c1cccc(NCC(=O)Nc2cc(C(=O)OC)ccc2C)c1. The molecular formula is C19H20N2O5. The van der Waals surface area contributed by atoms with Crippen molar-refractivity contribution in [3.05, 3.63) is 59.2 Å². The number of hydrogen-bond acceptors (Lipinski definition) is 6. The second-order valence-corrected chi connectivity index (χ2v) is 5.50. The van der Waals surface area contributed by atoms with Crippen LogP contribution in [0.2, 0.25) is 0 Å². The lowest BCUT2D eigenvalue weighted by Gasteiger charge is -2.11. The van der Waals surface area contributed by atoms with Crippen LogP contribution in [0.25, 0.3) is 0 Å². The zero-order chi connectivity index (χ0) is 19.1. The van der Waals surface area contributed by atoms with E-state index in [1.54, 1.807) is 42.5 Å². The second-order valence-electron chi connectivity index (χ2n) is 5.50. The van der Waals surface area contributed by atoms with Gasteiger partial charge in [-0.1, -0.05) is 12.1 Å². The Labute approximate surface area is 151 Å². The molecule has 26 heavy (non-hydrogen) atoms. The fraction of sp³-hybridized carbons (Fsp3) is 0.211. The zero-order valence-corrected chi connectivity index (χ0v) is 14.8. The summed E-state index contributed by atoms with van der Waals surface area (Å²) in [5, 5.41) is 5.69. The van der Waals surface area contributed by atoms with Gasteiger partial charge < -0.3 is 20.1 Å². The number of anilines is 2. The molecule has 0 saturated carbocycles. The fourth-order valence-corrected chi connectivity index (χ4v) is 2.25. The van der Waals surface area contributed by atoms with Crippen LogP contribution in [0.5, 0.6) is 0 Å². The van der Waals surface area contributed by atoms with E-state index in [9.17, 15) is 14.4 Å². The van der Waals surface area contributed by atoms with Gasteiger partial charge in [0.25, 0.3) is 0 Å². The van der Waals surface area contributed by atoms with Crippen molar-refractivity contribution in [3.8, 4) is 0 Å². The van der Waals surface area contributed by atoms with E-state index >= 15 is 0 Å². The Balaban J connectivity index is 2.01. The predicted molar refractivity (Wildman–Crippen MR) is 97.4 cm³/mol. The minimum absolute atomic E-state index is 0.00742. The van der Waals surface area contributed by atoms with Gasteiger partial charge in [-0.05, 0) is 42.8 Å². The number of rotatable bonds is 6. The maximum absolute atomic E-state index is 12.2. The Morgan fingerprint density at radius 2 is 1.58 bits per heavy atom. The molecular weight excluding hydrogens is 336 g/mol. The Morgan fingerprint density at radius 1 is 0.923 bits per heavy atom. The molecule has 1 amide bonds. The minimum Gasteiger partial charge on any atom is -0.465 e. The maximum Gasteiger partial charge on any atom is 0.337 e. The van der Waals surface area contributed by atoms with Gasteiger partial charge >= 0.3 is 11.9 Å². The number of aryl methyl sites for hydroxylation is 1. The van der Waals surface area contributed by atoms with Crippen LogP contribution in [0.15, 0.2) is 42.5 Å². The van der Waals surface area contributed by atoms with Crippen LogP contribution in [0.1, 0.15) is 26.3 Å². The third-order valence-corrected chi connectivity index (χ3v) is 3.67. The van der Waals surface area contributed by atoms with Gasteiger partial charge in [-0.15, -0.1) is 0 Å². The van der Waals surface area contributed by atoms with Gasteiger partial charge in [0.05, 0.1) is 31.9 Å². The molecule has 0 radical (unpaired) electrons. The van der Waals surface area contributed by atoms with Crippen molar-refractivity contribution in [2.75, 3.05) is 31.4 Å². The summed E-state index contributed by atoms with van der Waals surface area (Å²) in [6.07, 6.45) is 0. The van der Waals surface area contributed by atoms with Crippen molar-refractivity contribution in [1.29, 1.82) is 0 Å². The second kappa shape index (κ2) is 8.66. The summed E-state index contributed by atoms with van der Waals surface area (Å²) in [6, 6.07) is 11.6. The molecule has 136 valence electrons. The average Bonchev–Trinajstić information content (AvgIpc) is 2.67. The highest BCUT2D eigenvalue weighted by atomic mass is 16.5. The van der Waals surface area contributed by atoms with Crippen LogP contribution in [0.3, 0.4) is 0 Å². The molecule has 0 heterocycles. The van der Waals surface area contributed by atoms with E-state index in [4.69, 9.17) is 0 Å². The zero-order valence-electron chi connectivity index (χ0n) is 14.8. The van der Waals surface area contributed by atoms with Gasteiger partial charge in [0.2, 0.25) is 5.91 Å². The van der Waals surface area contributed by atoms with E-state index in [1.807, 2.05) is 6.92 Å². The maximum atomic E-state index is 12.2. The summed E-state index contributed by atoms with van der Waals surface area (Å²) in [5.74, 6) is -1.22. The quantitative estimate of drug-likeness (QED) is 0.773. The minimum atomic E-state index is -0.474. The first-order valence-electron chi connectivity index (χ1n) is 7.85. The molecule has 0 aromatic heterocycles. The van der Waals surface area contributed by atoms with E-state index < -0.39 is 11.9 Å². The third kappa shape index (κ3) is 4.83. The van der Waals surface area contributed by atoms with Gasteiger partial charge in [0.1, 0.15) is 0 Å². The molecule has 0 fully saturated rings. The number of amides is 1. The van der Waals surface area contributed by atoms with Crippen molar-refractivity contribution < 1.29 is 23.9 Å². The van der Waals surface area contributed by atoms with Crippen LogP contribution >= 0.6 is 0 Å². The molecule has 0 saturated heterocycles. The molecule has 0 atom stereocenters. The lowest BCUT2D eigenvalue weighted by atomic mass is 10.1. The first kappa shape index (κ1) is 19.0. The summed E-state index contributed by atoms with van der Waals surface area (Å²) >= 11 is 0. The van der Waals surface area contributed by atoms with Crippen molar-refractivity contribution in [2.24, 2.45) is 0 Å². The van der Waals surface area contributed by atoms with E-state index in [-0.39, 0.29) is 12.5 Å². The van der Waals surface area contributed by atoms with E-state index in [2.05, 4.69) is 20.1 Å². The first-order chi connectivity index (χ1) is 12.4. The summed E-state index contributed by atoms with van der Waals surface area (Å²) < 4.78 is 9.34.